The van der Waals surface area contributed by atoms with E-state index in [1.54, 1.807) is 41.3 Å². The molecule has 3 rings (SSSR count). The van der Waals surface area contributed by atoms with E-state index in [4.69, 9.17) is 23.2 Å². The van der Waals surface area contributed by atoms with Crippen molar-refractivity contribution in [3.8, 4) is 0 Å². The number of nitrogens with zero attached hydrogens (tertiary/aromatic N) is 2. The molecule has 1 amide bonds. The maximum Gasteiger partial charge on any atom is 0.258 e. The third kappa shape index (κ3) is 4.37. The highest BCUT2D eigenvalue weighted by molar-refractivity contribution is 6.36. The van der Waals surface area contributed by atoms with Crippen molar-refractivity contribution in [2.45, 2.75) is 39.3 Å². The van der Waals surface area contributed by atoms with Gasteiger partial charge in [0.05, 0.1) is 23.9 Å². The molecule has 0 fully saturated rings. The van der Waals surface area contributed by atoms with E-state index in [0.717, 1.165) is 6.42 Å². The van der Waals surface area contributed by atoms with Crippen LogP contribution < -0.4 is 5.56 Å². The minimum absolute atomic E-state index is 0.0365. The van der Waals surface area contributed by atoms with E-state index in [-0.39, 0.29) is 30.5 Å². The van der Waals surface area contributed by atoms with Gasteiger partial charge >= 0.3 is 0 Å². The van der Waals surface area contributed by atoms with Crippen LogP contribution in [-0.2, 0) is 17.8 Å². The van der Waals surface area contributed by atoms with Gasteiger partial charge in [0.15, 0.2) is 0 Å². The van der Waals surface area contributed by atoms with Gasteiger partial charge in [-0.25, -0.2) is 4.98 Å². The topological polar surface area (TPSA) is 66.1 Å². The molecule has 0 aliphatic rings. The molecule has 0 aliphatic carbocycles. The second-order valence-corrected chi connectivity index (χ2v) is 7.50. The average Bonchev–Trinajstić information content (AvgIpc) is 2.68. The normalized spacial score (nSPS) is 12.1. The summed E-state index contributed by atoms with van der Waals surface area (Å²) in [5.74, 6) is 0.322. The summed E-state index contributed by atoms with van der Waals surface area (Å²) in [6.45, 7) is 4.17. The van der Waals surface area contributed by atoms with Crippen molar-refractivity contribution in [3.63, 3.8) is 0 Å². The van der Waals surface area contributed by atoms with Crippen molar-refractivity contribution in [2.75, 3.05) is 0 Å². The van der Waals surface area contributed by atoms with E-state index in [1.807, 2.05) is 19.9 Å². The first-order valence-electron chi connectivity index (χ1n) is 9.11. The zero-order chi connectivity index (χ0) is 20.3. The van der Waals surface area contributed by atoms with Crippen LogP contribution in [0.5, 0.6) is 0 Å². The summed E-state index contributed by atoms with van der Waals surface area (Å²) in [4.78, 5) is 34.4. The lowest BCUT2D eigenvalue weighted by Crippen LogP contribution is -2.39. The second-order valence-electron chi connectivity index (χ2n) is 6.69. The number of benzene rings is 2. The first-order chi connectivity index (χ1) is 13.4. The van der Waals surface area contributed by atoms with Gasteiger partial charge in [-0.15, -0.1) is 0 Å². The predicted molar refractivity (Wildman–Crippen MR) is 113 cm³/mol. The molecule has 3 aromatic rings. The predicted octanol–water partition coefficient (Wildman–Crippen LogP) is 4.60. The largest absolute Gasteiger partial charge is 0.332 e. The van der Waals surface area contributed by atoms with Crippen molar-refractivity contribution in [1.29, 1.82) is 0 Å². The number of fused-ring (bicyclic) bond motifs is 1. The molecule has 0 aliphatic heterocycles. The highest BCUT2D eigenvalue weighted by Gasteiger charge is 2.22. The third-order valence-electron chi connectivity index (χ3n) is 4.81. The molecule has 1 atom stereocenters. The number of aromatic nitrogens is 2. The van der Waals surface area contributed by atoms with E-state index in [1.165, 1.54) is 0 Å². The number of hydrogen-bond donors (Lipinski definition) is 1. The lowest BCUT2D eigenvalue weighted by Gasteiger charge is -2.28. The van der Waals surface area contributed by atoms with Crippen LogP contribution in [0.3, 0.4) is 0 Å². The fourth-order valence-electron chi connectivity index (χ4n) is 3.04. The molecule has 1 aromatic heterocycles. The average molecular weight is 418 g/mol. The Morgan fingerprint density at radius 2 is 1.82 bits per heavy atom. The molecule has 28 heavy (non-hydrogen) atoms. The van der Waals surface area contributed by atoms with E-state index in [0.29, 0.717) is 32.3 Å². The highest BCUT2D eigenvalue weighted by Crippen LogP contribution is 2.26. The molecule has 2 aromatic carbocycles. The molecule has 0 unspecified atom stereocenters. The molecule has 146 valence electrons. The Morgan fingerprint density at radius 3 is 2.50 bits per heavy atom. The van der Waals surface area contributed by atoms with Crippen molar-refractivity contribution in [1.82, 2.24) is 14.9 Å². The lowest BCUT2D eigenvalue weighted by atomic mass is 10.1. The molecule has 1 N–H and O–H groups in total. The number of hydrogen-bond acceptors (Lipinski definition) is 3. The SMILES string of the molecule is CC[C@H](C)N(Cc1nc2ccccc2c(=O)[nH]1)C(=O)Cc1c(Cl)cccc1Cl. The summed E-state index contributed by atoms with van der Waals surface area (Å²) in [5.41, 5.74) is 0.988. The fourth-order valence-corrected chi connectivity index (χ4v) is 3.57. The smallest absolute Gasteiger partial charge is 0.258 e. The summed E-state index contributed by atoms with van der Waals surface area (Å²) in [6.07, 6.45) is 0.848. The van der Waals surface area contributed by atoms with Crippen LogP contribution in [0.2, 0.25) is 10.0 Å². The van der Waals surface area contributed by atoms with Gasteiger partial charge in [0, 0.05) is 16.1 Å². The first kappa shape index (κ1) is 20.4. The van der Waals surface area contributed by atoms with Crippen LogP contribution in [-0.4, -0.2) is 26.8 Å². The molecule has 5 nitrogen and oxygen atoms in total. The lowest BCUT2D eigenvalue weighted by molar-refractivity contribution is -0.133. The maximum absolute atomic E-state index is 13.1. The number of rotatable bonds is 6. The molecule has 0 spiro atoms. The van der Waals surface area contributed by atoms with Gasteiger partial charge in [-0.2, -0.15) is 0 Å². The Hall–Kier alpha value is -2.37. The van der Waals surface area contributed by atoms with Crippen LogP contribution in [0.1, 0.15) is 31.7 Å². The number of para-hydroxylation sites is 1. The molecule has 0 saturated carbocycles. The monoisotopic (exact) mass is 417 g/mol. The molecular weight excluding hydrogens is 397 g/mol. The zero-order valence-electron chi connectivity index (χ0n) is 15.7. The molecule has 1 heterocycles. The summed E-state index contributed by atoms with van der Waals surface area (Å²) >= 11 is 12.4. The number of carbonyl (C=O) groups is 1. The first-order valence-corrected chi connectivity index (χ1v) is 9.86. The number of carbonyl (C=O) groups excluding carboxylic acids is 1. The van der Waals surface area contributed by atoms with Crippen LogP contribution in [0.25, 0.3) is 10.9 Å². The number of nitrogens with one attached hydrogen (secondary N) is 1. The summed E-state index contributed by atoms with van der Waals surface area (Å²) in [6, 6.07) is 12.3. The van der Waals surface area contributed by atoms with Crippen molar-refractivity contribution >= 4 is 40.0 Å². The van der Waals surface area contributed by atoms with Gasteiger partial charge in [0.25, 0.3) is 5.56 Å². The van der Waals surface area contributed by atoms with Gasteiger partial charge in [0.2, 0.25) is 5.91 Å². The quantitative estimate of drug-likeness (QED) is 0.636. The van der Waals surface area contributed by atoms with Crippen LogP contribution >= 0.6 is 23.2 Å². The van der Waals surface area contributed by atoms with Crippen molar-refractivity contribution in [2.24, 2.45) is 0 Å². The standard InChI is InChI=1S/C21H21Cl2N3O2/c1-3-13(2)26(20(27)11-15-16(22)8-6-9-17(15)23)12-19-24-18-10-5-4-7-14(18)21(28)25-19/h4-10,13H,3,11-12H2,1-2H3,(H,24,25,28)/t13-/m0/s1. The molecular formula is C21H21Cl2N3O2. The highest BCUT2D eigenvalue weighted by atomic mass is 35.5. The Bertz CT molecular complexity index is 1040. The van der Waals surface area contributed by atoms with Crippen molar-refractivity contribution in [3.05, 3.63) is 74.3 Å². The number of halogens is 2. The van der Waals surface area contributed by atoms with Crippen LogP contribution in [0.15, 0.2) is 47.3 Å². The minimum atomic E-state index is -0.216. The van der Waals surface area contributed by atoms with Gasteiger partial charge in [-0.3, -0.25) is 9.59 Å². The Labute approximate surface area is 173 Å². The molecule has 7 heteroatoms. The molecule has 0 radical (unpaired) electrons. The van der Waals surface area contributed by atoms with Crippen LogP contribution in [0, 0.1) is 0 Å². The maximum atomic E-state index is 13.1. The number of aromatic amines is 1. The summed E-state index contributed by atoms with van der Waals surface area (Å²) in [7, 11) is 0. The van der Waals surface area contributed by atoms with E-state index >= 15 is 0 Å². The summed E-state index contributed by atoms with van der Waals surface area (Å²) < 4.78 is 0. The number of amides is 1. The van der Waals surface area contributed by atoms with Gasteiger partial charge < -0.3 is 9.88 Å². The van der Waals surface area contributed by atoms with Gasteiger partial charge in [0.1, 0.15) is 5.82 Å². The van der Waals surface area contributed by atoms with Gasteiger partial charge in [-0.05, 0) is 43.2 Å². The number of H-pyrrole nitrogens is 1. The minimum Gasteiger partial charge on any atom is -0.332 e. The third-order valence-corrected chi connectivity index (χ3v) is 5.52. The molecule has 0 bridgehead atoms. The van der Waals surface area contributed by atoms with E-state index < -0.39 is 0 Å². The van der Waals surface area contributed by atoms with Gasteiger partial charge in [-0.1, -0.05) is 48.3 Å². The Morgan fingerprint density at radius 1 is 1.14 bits per heavy atom. The Balaban J connectivity index is 1.90. The molecule has 0 saturated heterocycles. The van der Waals surface area contributed by atoms with Crippen LogP contribution in [0.4, 0.5) is 0 Å². The zero-order valence-corrected chi connectivity index (χ0v) is 17.2. The van der Waals surface area contributed by atoms with E-state index in [2.05, 4.69) is 9.97 Å². The summed E-state index contributed by atoms with van der Waals surface area (Å²) in [5, 5.41) is 1.44. The van der Waals surface area contributed by atoms with Crippen molar-refractivity contribution < 1.29 is 4.79 Å². The van der Waals surface area contributed by atoms with E-state index in [9.17, 15) is 9.59 Å². The second kappa shape index (κ2) is 8.76. The Kier molecular flexibility index (Phi) is 6.37. The fraction of sp³-hybridized carbons (Fsp3) is 0.286.